The van der Waals surface area contributed by atoms with E-state index < -0.39 is 0 Å². The van der Waals surface area contributed by atoms with E-state index in [0.717, 1.165) is 60.5 Å². The number of ketones is 2. The Balaban J connectivity index is 0.000000136. The average molecular weight is 609 g/mol. The molecule has 3 unspecified atom stereocenters. The Bertz CT molecular complexity index is 1420. The Morgan fingerprint density at radius 3 is 2.22 bits per heavy atom. The van der Waals surface area contributed by atoms with Crippen LogP contribution in [0, 0.1) is 16.7 Å². The summed E-state index contributed by atoms with van der Waals surface area (Å²) in [6, 6.07) is 11.2. The molecule has 0 aromatic heterocycles. The third kappa shape index (κ3) is 3.75. The number of fused-ring (bicyclic) bond motifs is 6. The van der Waals surface area contributed by atoms with Gasteiger partial charge in [0.15, 0.2) is 11.6 Å². The summed E-state index contributed by atoms with van der Waals surface area (Å²) in [6.45, 7) is 3.96. The fraction of sp³-hybridized carbons (Fsp3) is 0.438. The zero-order chi connectivity index (χ0) is 26.1. The van der Waals surface area contributed by atoms with Crippen molar-refractivity contribution in [2.75, 3.05) is 4.43 Å². The Kier molecular flexibility index (Phi) is 5.94. The number of benzene rings is 2. The number of aromatic hydroxyl groups is 2. The zero-order valence-corrected chi connectivity index (χ0v) is 23.7. The quantitative estimate of drug-likeness (QED) is 0.285. The highest BCUT2D eigenvalue weighted by Gasteiger charge is 2.53. The fourth-order valence-corrected chi connectivity index (χ4v) is 9.23. The molecule has 0 saturated heterocycles. The Morgan fingerprint density at radius 1 is 0.892 bits per heavy atom. The highest BCUT2D eigenvalue weighted by Crippen LogP contribution is 2.62. The van der Waals surface area contributed by atoms with Crippen LogP contribution in [0.4, 0.5) is 0 Å². The number of Topliss-reactive ketones (excluding diaryl/α,β-unsaturated/α-hetero) is 2. The van der Waals surface area contributed by atoms with Gasteiger partial charge in [-0.15, -0.1) is 0 Å². The first kappa shape index (κ1) is 24.9. The number of carbonyl (C=O) groups is 2. The molecular formula is C32H33IO4. The van der Waals surface area contributed by atoms with Gasteiger partial charge in [-0.2, -0.15) is 0 Å². The fourth-order valence-electron chi connectivity index (χ4n) is 8.20. The van der Waals surface area contributed by atoms with Crippen LogP contribution in [0.25, 0.3) is 11.1 Å². The summed E-state index contributed by atoms with van der Waals surface area (Å²) in [5.41, 5.74) is 9.63. The van der Waals surface area contributed by atoms with Crippen molar-refractivity contribution >= 4 is 45.3 Å². The number of phenols is 2. The largest absolute Gasteiger partial charge is 0.508 e. The molecule has 0 heterocycles. The summed E-state index contributed by atoms with van der Waals surface area (Å²) in [5.74, 6) is 1.57. The SMILES string of the molecule is CC1=C2c3ccc(O)cc3CC2(CCI)CCC1=O.CC1=C2c3ccc(O)cc3CC23CCC(C3)C1=O. The van der Waals surface area contributed by atoms with Crippen LogP contribution in [0.3, 0.4) is 0 Å². The molecule has 1 fully saturated rings. The van der Waals surface area contributed by atoms with Crippen molar-refractivity contribution < 1.29 is 19.8 Å². The molecule has 192 valence electrons. The molecule has 5 heteroatoms. The lowest BCUT2D eigenvalue weighted by Crippen LogP contribution is -2.28. The highest BCUT2D eigenvalue weighted by atomic mass is 127. The van der Waals surface area contributed by atoms with E-state index in [9.17, 15) is 19.8 Å². The van der Waals surface area contributed by atoms with E-state index in [4.69, 9.17) is 0 Å². The van der Waals surface area contributed by atoms with Gasteiger partial charge in [0.2, 0.25) is 0 Å². The van der Waals surface area contributed by atoms with E-state index in [-0.39, 0.29) is 16.7 Å². The predicted octanol–water partition coefficient (Wildman–Crippen LogP) is 6.99. The van der Waals surface area contributed by atoms with E-state index in [1.54, 1.807) is 12.1 Å². The molecule has 7 rings (SSSR count). The number of phenolic OH excluding ortho intramolecular Hbond substituents is 2. The summed E-state index contributed by atoms with van der Waals surface area (Å²) in [5, 5.41) is 19.3. The van der Waals surface area contributed by atoms with Crippen LogP contribution in [-0.2, 0) is 22.4 Å². The molecular weight excluding hydrogens is 575 g/mol. The molecule has 0 aliphatic heterocycles. The molecule has 2 aromatic rings. The van der Waals surface area contributed by atoms with Crippen LogP contribution in [-0.4, -0.2) is 26.2 Å². The second-order valence-corrected chi connectivity index (χ2v) is 12.8. The van der Waals surface area contributed by atoms with Crippen molar-refractivity contribution in [1.29, 1.82) is 0 Å². The number of rotatable bonds is 2. The molecule has 5 aliphatic carbocycles. The van der Waals surface area contributed by atoms with Gasteiger partial charge in [0.25, 0.3) is 0 Å². The lowest BCUT2D eigenvalue weighted by Gasteiger charge is -2.35. The summed E-state index contributed by atoms with van der Waals surface area (Å²) < 4.78 is 1.10. The summed E-state index contributed by atoms with van der Waals surface area (Å²) in [4.78, 5) is 24.3. The molecule has 37 heavy (non-hydrogen) atoms. The molecule has 2 bridgehead atoms. The summed E-state index contributed by atoms with van der Waals surface area (Å²) in [7, 11) is 0. The molecule has 5 aliphatic rings. The topological polar surface area (TPSA) is 74.6 Å². The van der Waals surface area contributed by atoms with E-state index in [1.807, 2.05) is 38.1 Å². The van der Waals surface area contributed by atoms with E-state index >= 15 is 0 Å². The van der Waals surface area contributed by atoms with Crippen LogP contribution in [0.15, 0.2) is 47.5 Å². The minimum Gasteiger partial charge on any atom is -0.508 e. The maximum atomic E-state index is 12.3. The predicted molar refractivity (Wildman–Crippen MR) is 154 cm³/mol. The minimum absolute atomic E-state index is 0.134. The molecule has 0 radical (unpaired) electrons. The van der Waals surface area contributed by atoms with Crippen molar-refractivity contribution in [2.45, 2.75) is 65.2 Å². The van der Waals surface area contributed by atoms with E-state index in [2.05, 4.69) is 22.6 Å². The third-order valence-corrected chi connectivity index (χ3v) is 10.3. The zero-order valence-electron chi connectivity index (χ0n) is 21.5. The lowest BCUT2D eigenvalue weighted by atomic mass is 9.68. The second-order valence-electron chi connectivity index (χ2n) is 11.8. The molecule has 2 N–H and O–H groups in total. The maximum Gasteiger partial charge on any atom is 0.161 e. The first-order valence-electron chi connectivity index (χ1n) is 13.4. The number of allylic oxidation sites excluding steroid dienone is 4. The van der Waals surface area contributed by atoms with Crippen molar-refractivity contribution in [2.24, 2.45) is 16.7 Å². The Hall–Kier alpha value is -2.41. The normalized spacial score (nSPS) is 29.0. The lowest BCUT2D eigenvalue weighted by molar-refractivity contribution is -0.119. The molecule has 2 aromatic carbocycles. The van der Waals surface area contributed by atoms with Gasteiger partial charge >= 0.3 is 0 Å². The number of alkyl halides is 1. The first-order valence-corrected chi connectivity index (χ1v) is 14.9. The van der Waals surface area contributed by atoms with Crippen LogP contribution >= 0.6 is 22.6 Å². The maximum absolute atomic E-state index is 12.3. The molecule has 3 atom stereocenters. The standard InChI is InChI=1S/C16H17IO2.C16H16O2/c1-10-14(19)4-5-16(6-7-17)9-11-8-12(18)2-3-13(11)15(10)16;1-9-14-13-3-2-12(17)6-11(13)8-16(14)5-4-10(7-16)15(9)18/h2-3,8,18H,4-7,9H2,1H3;2-3,6,10,17H,4-5,7-8H2,1H3. The van der Waals surface area contributed by atoms with Crippen LogP contribution in [0.2, 0.25) is 0 Å². The third-order valence-electron chi connectivity index (χ3n) is 9.76. The second kappa shape index (κ2) is 8.82. The number of halogens is 1. The molecule has 4 nitrogen and oxygen atoms in total. The van der Waals surface area contributed by atoms with Gasteiger partial charge in [0.1, 0.15) is 11.5 Å². The monoisotopic (exact) mass is 608 g/mol. The minimum atomic E-state index is 0.134. The average Bonchev–Trinajstić information content (AvgIpc) is 3.50. The molecule has 0 amide bonds. The van der Waals surface area contributed by atoms with Gasteiger partial charge in [-0.25, -0.2) is 0 Å². The van der Waals surface area contributed by atoms with Crippen LogP contribution < -0.4 is 0 Å². The summed E-state index contributed by atoms with van der Waals surface area (Å²) >= 11 is 2.42. The van der Waals surface area contributed by atoms with Crippen LogP contribution in [0.1, 0.15) is 74.6 Å². The molecule has 1 spiro atoms. The smallest absolute Gasteiger partial charge is 0.161 e. The van der Waals surface area contributed by atoms with Gasteiger partial charge in [-0.3, -0.25) is 9.59 Å². The van der Waals surface area contributed by atoms with E-state index in [1.165, 1.54) is 33.4 Å². The Morgan fingerprint density at radius 2 is 1.54 bits per heavy atom. The van der Waals surface area contributed by atoms with Gasteiger partial charge in [-0.1, -0.05) is 34.7 Å². The molecule has 1 saturated carbocycles. The van der Waals surface area contributed by atoms with Crippen molar-refractivity contribution in [3.05, 3.63) is 69.8 Å². The van der Waals surface area contributed by atoms with Crippen molar-refractivity contribution in [3.63, 3.8) is 0 Å². The summed E-state index contributed by atoms with van der Waals surface area (Å²) in [6.07, 6.45) is 7.91. The number of hydrogen-bond acceptors (Lipinski definition) is 4. The van der Waals surface area contributed by atoms with Gasteiger partial charge in [0, 0.05) is 27.6 Å². The number of hydrogen-bond donors (Lipinski definition) is 2. The van der Waals surface area contributed by atoms with Gasteiger partial charge in [-0.05, 0) is 128 Å². The van der Waals surface area contributed by atoms with Gasteiger partial charge in [0.05, 0.1) is 0 Å². The Labute approximate surface area is 232 Å². The highest BCUT2D eigenvalue weighted by molar-refractivity contribution is 14.1. The number of carbonyl (C=O) groups excluding carboxylic acids is 2. The van der Waals surface area contributed by atoms with Crippen molar-refractivity contribution in [3.8, 4) is 11.5 Å². The first-order chi connectivity index (χ1) is 17.7. The van der Waals surface area contributed by atoms with Gasteiger partial charge < -0.3 is 10.2 Å². The van der Waals surface area contributed by atoms with Crippen molar-refractivity contribution in [1.82, 2.24) is 0 Å². The van der Waals surface area contributed by atoms with E-state index in [0.29, 0.717) is 29.5 Å². The van der Waals surface area contributed by atoms with Crippen LogP contribution in [0.5, 0.6) is 11.5 Å².